The van der Waals surface area contributed by atoms with E-state index >= 15 is 0 Å². The highest BCUT2D eigenvalue weighted by molar-refractivity contribution is 7.80. The minimum absolute atomic E-state index is 0.160. The third-order valence-corrected chi connectivity index (χ3v) is 4.97. The molecule has 0 bridgehead atoms. The van der Waals surface area contributed by atoms with E-state index in [1.807, 2.05) is 18.2 Å². The van der Waals surface area contributed by atoms with Crippen LogP contribution in [0.5, 0.6) is 0 Å². The van der Waals surface area contributed by atoms with Crippen LogP contribution in [0.2, 0.25) is 10.0 Å². The minimum atomic E-state index is -0.321. The van der Waals surface area contributed by atoms with Crippen LogP contribution in [0, 0.1) is 6.92 Å². The van der Waals surface area contributed by atoms with E-state index in [4.69, 9.17) is 40.2 Å². The summed E-state index contributed by atoms with van der Waals surface area (Å²) in [6.07, 6.45) is 0.688. The van der Waals surface area contributed by atoms with Crippen LogP contribution in [-0.2, 0) is 16.0 Å². The van der Waals surface area contributed by atoms with Crippen LogP contribution < -0.4 is 10.6 Å². The van der Waals surface area contributed by atoms with Crippen LogP contribution in [0.4, 0.5) is 0 Å². The average Bonchev–Trinajstić information content (AvgIpc) is 2.60. The molecule has 0 aliphatic rings. The molecule has 0 heterocycles. The van der Waals surface area contributed by atoms with E-state index in [2.05, 4.69) is 35.8 Å². The molecule has 0 amide bonds. The first-order valence-corrected chi connectivity index (χ1v) is 9.70. The fourth-order valence-electron chi connectivity index (χ4n) is 2.67. The van der Waals surface area contributed by atoms with Gasteiger partial charge in [-0.2, -0.15) is 0 Å². The molecule has 0 spiro atoms. The fraction of sp³-hybridized carbons (Fsp3) is 0.300. The van der Waals surface area contributed by atoms with Gasteiger partial charge in [-0.25, -0.2) is 0 Å². The topological polar surface area (TPSA) is 50.4 Å². The highest BCUT2D eigenvalue weighted by atomic mass is 35.5. The molecule has 1 atom stereocenters. The van der Waals surface area contributed by atoms with Crippen molar-refractivity contribution < 1.29 is 9.53 Å². The largest absolute Gasteiger partial charge is 0.464 e. The van der Waals surface area contributed by atoms with E-state index < -0.39 is 0 Å². The molecule has 2 N–H and O–H groups in total. The van der Waals surface area contributed by atoms with E-state index in [0.717, 1.165) is 11.1 Å². The van der Waals surface area contributed by atoms with E-state index in [9.17, 15) is 4.79 Å². The highest BCUT2D eigenvalue weighted by Crippen LogP contribution is 2.31. The first kappa shape index (κ1) is 21.5. The molecule has 2 aromatic carbocycles. The fourth-order valence-corrected chi connectivity index (χ4v) is 3.36. The van der Waals surface area contributed by atoms with E-state index in [0.29, 0.717) is 28.1 Å². The summed E-state index contributed by atoms with van der Waals surface area (Å²) in [6, 6.07) is 13.7. The van der Waals surface area contributed by atoms with Crippen molar-refractivity contribution >= 4 is 46.5 Å². The van der Waals surface area contributed by atoms with Crippen molar-refractivity contribution in [3.05, 3.63) is 69.2 Å². The van der Waals surface area contributed by atoms with Crippen molar-refractivity contribution in [2.75, 3.05) is 13.2 Å². The van der Waals surface area contributed by atoms with E-state index in [1.54, 1.807) is 6.07 Å². The summed E-state index contributed by atoms with van der Waals surface area (Å²) in [7, 11) is 0. The van der Waals surface area contributed by atoms with Crippen LogP contribution in [0.15, 0.2) is 42.5 Å². The molecule has 2 rings (SSSR count). The molecule has 7 heteroatoms. The maximum absolute atomic E-state index is 10.8. The number of nitrogens with one attached hydrogen (secondary N) is 2. The van der Waals surface area contributed by atoms with Crippen molar-refractivity contribution in [3.63, 3.8) is 0 Å². The minimum Gasteiger partial charge on any atom is -0.464 e. The first-order valence-electron chi connectivity index (χ1n) is 8.54. The lowest BCUT2D eigenvalue weighted by molar-refractivity contribution is -0.140. The van der Waals surface area contributed by atoms with Crippen LogP contribution >= 0.6 is 35.4 Å². The third-order valence-electron chi connectivity index (χ3n) is 3.88. The monoisotopic (exact) mass is 424 g/mol. The zero-order chi connectivity index (χ0) is 19.8. The van der Waals surface area contributed by atoms with E-state index in [-0.39, 0.29) is 18.6 Å². The maximum atomic E-state index is 10.8. The average molecular weight is 425 g/mol. The van der Waals surface area contributed by atoms with E-state index in [1.165, 1.54) is 12.5 Å². The highest BCUT2D eigenvalue weighted by Gasteiger charge is 2.18. The van der Waals surface area contributed by atoms with Crippen LogP contribution in [0.3, 0.4) is 0 Å². The molecule has 144 valence electrons. The van der Waals surface area contributed by atoms with Crippen LogP contribution in [-0.4, -0.2) is 24.2 Å². The Labute approximate surface area is 175 Å². The molecule has 1 unspecified atom stereocenters. The number of esters is 1. The smallest absolute Gasteiger partial charge is 0.302 e. The summed E-state index contributed by atoms with van der Waals surface area (Å²) in [6.45, 7) is 4.10. The molecule has 27 heavy (non-hydrogen) atoms. The Morgan fingerprint density at radius 3 is 2.67 bits per heavy atom. The number of thiocarbonyl (C=S) groups is 1. The maximum Gasteiger partial charge on any atom is 0.302 e. The predicted molar refractivity (Wildman–Crippen MR) is 114 cm³/mol. The Balaban J connectivity index is 2.13. The van der Waals surface area contributed by atoms with Crippen molar-refractivity contribution in [1.82, 2.24) is 10.6 Å². The van der Waals surface area contributed by atoms with Crippen molar-refractivity contribution in [2.24, 2.45) is 0 Å². The Morgan fingerprint density at radius 2 is 1.96 bits per heavy atom. The lowest BCUT2D eigenvalue weighted by atomic mass is 9.98. The number of carbonyl (C=O) groups is 1. The van der Waals surface area contributed by atoms with Gasteiger partial charge in [0.1, 0.15) is 6.61 Å². The summed E-state index contributed by atoms with van der Waals surface area (Å²) in [5.74, 6) is -0.321. The third kappa shape index (κ3) is 7.01. The van der Waals surface area contributed by atoms with Gasteiger partial charge in [0.15, 0.2) is 5.11 Å². The normalized spacial score (nSPS) is 11.6. The van der Waals surface area contributed by atoms with Crippen LogP contribution in [0.25, 0.3) is 0 Å². The number of carbonyl (C=O) groups excluding carboxylic acids is 1. The Kier molecular flexibility index (Phi) is 8.35. The van der Waals surface area contributed by atoms with Gasteiger partial charge in [-0.05, 0) is 42.8 Å². The Morgan fingerprint density at radius 1 is 1.22 bits per heavy atom. The second kappa shape index (κ2) is 10.5. The van der Waals surface area contributed by atoms with Gasteiger partial charge in [-0.3, -0.25) is 4.79 Å². The summed E-state index contributed by atoms with van der Waals surface area (Å²) in [5, 5.41) is 7.79. The second-order valence-electron chi connectivity index (χ2n) is 6.13. The molecule has 0 saturated carbocycles. The molecule has 0 aliphatic carbocycles. The molecular formula is C20H22Cl2N2O2S. The van der Waals surface area contributed by atoms with Gasteiger partial charge in [0.25, 0.3) is 0 Å². The number of halogens is 2. The molecule has 2 aromatic rings. The number of hydrogen-bond acceptors (Lipinski definition) is 3. The summed E-state index contributed by atoms with van der Waals surface area (Å²) < 4.78 is 4.90. The van der Waals surface area contributed by atoms with Gasteiger partial charge in [0.05, 0.1) is 22.6 Å². The molecule has 4 nitrogen and oxygen atoms in total. The summed E-state index contributed by atoms with van der Waals surface area (Å²) in [4.78, 5) is 10.8. The van der Waals surface area contributed by atoms with Gasteiger partial charge < -0.3 is 15.4 Å². The molecule has 0 aliphatic heterocycles. The molecule has 0 saturated heterocycles. The van der Waals surface area contributed by atoms with Gasteiger partial charge in [0.2, 0.25) is 0 Å². The number of benzene rings is 2. The quantitative estimate of drug-likeness (QED) is 0.386. The van der Waals surface area contributed by atoms with Gasteiger partial charge in [-0.1, -0.05) is 65.2 Å². The molecule has 0 radical (unpaired) electrons. The molecular weight excluding hydrogens is 403 g/mol. The lowest BCUT2D eigenvalue weighted by Crippen LogP contribution is -2.40. The Bertz CT molecular complexity index is 814. The Hall–Kier alpha value is -1.82. The van der Waals surface area contributed by atoms with Gasteiger partial charge in [0, 0.05) is 6.92 Å². The van der Waals surface area contributed by atoms with Crippen LogP contribution in [0.1, 0.15) is 29.7 Å². The molecule has 0 fully saturated rings. The molecule has 0 aromatic heterocycles. The zero-order valence-corrected chi connectivity index (χ0v) is 17.5. The summed E-state index contributed by atoms with van der Waals surface area (Å²) >= 11 is 18.0. The SMILES string of the molecule is CC(=O)OCCNC(=S)NC(Cc1cccc(C)c1)c1cccc(Cl)c1Cl. The number of rotatable bonds is 7. The number of ether oxygens (including phenoxy) is 1. The first-order chi connectivity index (χ1) is 12.9. The predicted octanol–water partition coefficient (Wildman–Crippen LogP) is 4.61. The standard InChI is InChI=1S/C20H22Cl2N2O2S/c1-13-5-3-6-15(11-13)12-18(16-7-4-8-17(21)19(16)22)24-20(27)23-9-10-26-14(2)25/h3-8,11,18H,9-10,12H2,1-2H3,(H2,23,24,27). The van der Waals surface area contributed by atoms with Crippen molar-refractivity contribution in [3.8, 4) is 0 Å². The summed E-state index contributed by atoms with van der Waals surface area (Å²) in [5.41, 5.74) is 3.21. The number of hydrogen-bond donors (Lipinski definition) is 2. The van der Waals surface area contributed by atoms with Gasteiger partial charge >= 0.3 is 5.97 Å². The second-order valence-corrected chi connectivity index (χ2v) is 7.32. The van der Waals surface area contributed by atoms with Crippen molar-refractivity contribution in [1.29, 1.82) is 0 Å². The number of aryl methyl sites for hydroxylation is 1. The zero-order valence-electron chi connectivity index (χ0n) is 15.2. The van der Waals surface area contributed by atoms with Gasteiger partial charge in [-0.15, -0.1) is 0 Å². The van der Waals surface area contributed by atoms with Crippen molar-refractivity contribution in [2.45, 2.75) is 26.3 Å². The lowest BCUT2D eigenvalue weighted by Gasteiger charge is -2.23.